The number of rotatable bonds is 3. The third-order valence-electron chi connectivity index (χ3n) is 5.16. The van der Waals surface area contributed by atoms with Gasteiger partial charge in [0.2, 0.25) is 5.91 Å². The lowest BCUT2D eigenvalue weighted by Crippen LogP contribution is -2.28. The summed E-state index contributed by atoms with van der Waals surface area (Å²) in [7, 11) is 0. The molecule has 0 spiro atoms. The van der Waals surface area contributed by atoms with Crippen molar-refractivity contribution < 1.29 is 9.59 Å². The monoisotopic (exact) mass is 388 g/mol. The molecule has 0 atom stereocenters. The first kappa shape index (κ1) is 19.0. The van der Waals surface area contributed by atoms with Gasteiger partial charge in [-0.15, -0.1) is 0 Å². The predicted octanol–water partition coefficient (Wildman–Crippen LogP) is 3.67. The van der Waals surface area contributed by atoms with Gasteiger partial charge < -0.3 is 15.6 Å². The summed E-state index contributed by atoms with van der Waals surface area (Å²) in [6.07, 6.45) is 9.47. The van der Waals surface area contributed by atoms with E-state index in [9.17, 15) is 9.59 Å². The van der Waals surface area contributed by atoms with Crippen molar-refractivity contribution in [3.63, 3.8) is 0 Å². The molecule has 0 unspecified atom stereocenters. The van der Waals surface area contributed by atoms with Gasteiger partial charge in [0, 0.05) is 25.6 Å². The van der Waals surface area contributed by atoms with Crippen LogP contribution >= 0.6 is 0 Å². The molecule has 0 radical (unpaired) electrons. The number of dihydropyridines is 1. The molecule has 6 heteroatoms. The van der Waals surface area contributed by atoms with Gasteiger partial charge >= 0.3 is 0 Å². The summed E-state index contributed by atoms with van der Waals surface area (Å²) in [5, 5.41) is 6.14. The van der Waals surface area contributed by atoms with Crippen LogP contribution in [0.15, 0.2) is 46.5 Å². The fourth-order valence-corrected chi connectivity index (χ4v) is 4.02. The number of nitrogens with zero attached hydrogens (tertiary/aromatic N) is 1. The first-order valence-electron chi connectivity index (χ1n) is 9.79. The Morgan fingerprint density at radius 2 is 2.14 bits per heavy atom. The number of H-pyrrole nitrogens is 1. The van der Waals surface area contributed by atoms with E-state index in [1.807, 2.05) is 18.2 Å². The van der Waals surface area contributed by atoms with Crippen LogP contribution < -0.4 is 10.6 Å². The molecule has 1 aliphatic heterocycles. The number of aromatic nitrogens is 1. The minimum Gasteiger partial charge on any atom is -0.356 e. The number of Topliss-reactive ketones (excluding diaryl/α,β-unsaturated/α-hetero) is 1. The lowest BCUT2D eigenvalue weighted by atomic mass is 9.76. The van der Waals surface area contributed by atoms with Crippen LogP contribution in [0.2, 0.25) is 0 Å². The summed E-state index contributed by atoms with van der Waals surface area (Å²) in [5.41, 5.74) is 11.0. The fourth-order valence-electron chi connectivity index (χ4n) is 4.02. The fraction of sp³-hybridized carbons (Fsp3) is 0.348. The molecule has 0 aromatic carbocycles. The van der Waals surface area contributed by atoms with E-state index in [0.29, 0.717) is 18.8 Å². The van der Waals surface area contributed by atoms with E-state index in [4.69, 9.17) is 0 Å². The number of hydrogen-bond acceptors (Lipinski definition) is 4. The molecular formula is C23H24N4O2. The molecule has 1 aromatic rings. The van der Waals surface area contributed by atoms with Crippen LogP contribution in [0.25, 0.3) is 5.57 Å². The molecule has 4 rings (SSSR count). The molecule has 1 aromatic heterocycles. The zero-order valence-electron chi connectivity index (χ0n) is 16.9. The van der Waals surface area contributed by atoms with Crippen LogP contribution in [0.5, 0.6) is 0 Å². The number of carbonyl (C=O) groups is 2. The molecule has 148 valence electrons. The molecule has 3 aliphatic rings. The number of aliphatic imine (C=N–C) groups is 1. The molecule has 2 heterocycles. The van der Waals surface area contributed by atoms with E-state index >= 15 is 0 Å². The number of anilines is 1. The molecule has 6 nitrogen and oxygen atoms in total. The molecule has 2 aliphatic carbocycles. The van der Waals surface area contributed by atoms with Crippen molar-refractivity contribution in [2.24, 2.45) is 10.4 Å². The SMILES string of the molecule is CC(=O)NC1=NCCC(c2[nH]c3c(c2NC2=C=C=CC=C2)C(=O)CC(C)(C)C3)=C1. The van der Waals surface area contributed by atoms with E-state index < -0.39 is 0 Å². The highest BCUT2D eigenvalue weighted by Crippen LogP contribution is 2.42. The van der Waals surface area contributed by atoms with Crippen molar-refractivity contribution in [1.29, 1.82) is 0 Å². The van der Waals surface area contributed by atoms with E-state index in [1.54, 1.807) is 6.08 Å². The lowest BCUT2D eigenvalue weighted by molar-refractivity contribution is -0.117. The number of ketones is 1. The number of amidine groups is 1. The lowest BCUT2D eigenvalue weighted by Gasteiger charge is -2.28. The van der Waals surface area contributed by atoms with Crippen LogP contribution in [0.1, 0.15) is 55.4 Å². The average molecular weight is 388 g/mol. The minimum atomic E-state index is -0.156. The minimum absolute atomic E-state index is 0.0835. The van der Waals surface area contributed by atoms with E-state index in [-0.39, 0.29) is 17.1 Å². The zero-order valence-corrected chi connectivity index (χ0v) is 16.9. The number of amides is 1. The Bertz CT molecular complexity index is 1100. The Kier molecular flexibility index (Phi) is 4.75. The second-order valence-corrected chi connectivity index (χ2v) is 8.37. The van der Waals surface area contributed by atoms with Crippen molar-refractivity contribution >= 4 is 28.8 Å². The van der Waals surface area contributed by atoms with Gasteiger partial charge in [0.05, 0.1) is 22.6 Å². The van der Waals surface area contributed by atoms with Gasteiger partial charge in [-0.3, -0.25) is 14.6 Å². The van der Waals surface area contributed by atoms with Crippen LogP contribution in [0, 0.1) is 5.41 Å². The summed E-state index contributed by atoms with van der Waals surface area (Å²) >= 11 is 0. The van der Waals surface area contributed by atoms with Crippen molar-refractivity contribution in [3.05, 3.63) is 58.4 Å². The Morgan fingerprint density at radius 1 is 1.31 bits per heavy atom. The summed E-state index contributed by atoms with van der Waals surface area (Å²) < 4.78 is 0. The molecule has 0 fully saturated rings. The first-order valence-corrected chi connectivity index (χ1v) is 9.79. The highest BCUT2D eigenvalue weighted by atomic mass is 16.1. The maximum Gasteiger partial charge on any atom is 0.222 e. The smallest absolute Gasteiger partial charge is 0.222 e. The Balaban J connectivity index is 1.82. The van der Waals surface area contributed by atoms with Crippen LogP contribution in [0.4, 0.5) is 5.69 Å². The van der Waals surface area contributed by atoms with Crippen LogP contribution in [-0.4, -0.2) is 29.1 Å². The molecule has 29 heavy (non-hydrogen) atoms. The van der Waals surface area contributed by atoms with Crippen molar-refractivity contribution in [2.45, 2.75) is 40.0 Å². The van der Waals surface area contributed by atoms with Crippen LogP contribution in [0.3, 0.4) is 0 Å². The van der Waals surface area contributed by atoms with E-state index in [2.05, 4.69) is 45.9 Å². The Hall–Kier alpha value is -3.33. The maximum absolute atomic E-state index is 13.0. The van der Waals surface area contributed by atoms with Crippen molar-refractivity contribution in [1.82, 2.24) is 10.3 Å². The van der Waals surface area contributed by atoms with E-state index in [1.165, 1.54) is 6.92 Å². The molecular weight excluding hydrogens is 364 g/mol. The van der Waals surface area contributed by atoms with Gasteiger partial charge in [-0.2, -0.15) is 0 Å². The third-order valence-corrected chi connectivity index (χ3v) is 5.16. The van der Waals surface area contributed by atoms with Gasteiger partial charge in [0.15, 0.2) is 5.78 Å². The topological polar surface area (TPSA) is 86.3 Å². The number of fused-ring (bicyclic) bond motifs is 1. The average Bonchev–Trinajstić information content (AvgIpc) is 2.99. The highest BCUT2D eigenvalue weighted by Gasteiger charge is 2.36. The highest BCUT2D eigenvalue weighted by molar-refractivity contribution is 6.10. The predicted molar refractivity (Wildman–Crippen MR) is 114 cm³/mol. The quantitative estimate of drug-likeness (QED) is 0.691. The van der Waals surface area contributed by atoms with Crippen molar-refractivity contribution in [3.8, 4) is 0 Å². The van der Waals surface area contributed by atoms with Crippen molar-refractivity contribution in [2.75, 3.05) is 11.9 Å². The number of hydrogen-bond donors (Lipinski definition) is 3. The second kappa shape index (κ2) is 7.25. The number of allylic oxidation sites excluding steroid dienone is 3. The van der Waals surface area contributed by atoms with Gasteiger partial charge in [-0.1, -0.05) is 25.7 Å². The summed E-state index contributed by atoms with van der Waals surface area (Å²) in [5.74, 6) is 0.522. The van der Waals surface area contributed by atoms with Gasteiger partial charge in [-0.05, 0) is 47.8 Å². The number of nitrogens with one attached hydrogen (secondary N) is 3. The second-order valence-electron chi connectivity index (χ2n) is 8.37. The molecule has 0 bridgehead atoms. The third kappa shape index (κ3) is 3.95. The van der Waals surface area contributed by atoms with Gasteiger partial charge in [-0.25, -0.2) is 0 Å². The summed E-state index contributed by atoms with van der Waals surface area (Å²) in [6.45, 7) is 6.27. The largest absolute Gasteiger partial charge is 0.356 e. The molecule has 1 amide bonds. The van der Waals surface area contributed by atoms with Gasteiger partial charge in [0.1, 0.15) is 5.84 Å². The molecule has 0 saturated carbocycles. The molecule has 0 saturated heterocycles. The normalized spacial score (nSPS) is 19.3. The molecule has 3 N–H and O–H groups in total. The maximum atomic E-state index is 13.0. The Labute approximate surface area is 169 Å². The number of aromatic amines is 1. The zero-order chi connectivity index (χ0) is 20.6. The van der Waals surface area contributed by atoms with E-state index in [0.717, 1.165) is 46.8 Å². The van der Waals surface area contributed by atoms with Gasteiger partial charge in [0.25, 0.3) is 0 Å². The first-order chi connectivity index (χ1) is 13.8. The summed E-state index contributed by atoms with van der Waals surface area (Å²) in [6, 6.07) is 0. The summed E-state index contributed by atoms with van der Waals surface area (Å²) in [4.78, 5) is 32.4. The standard InChI is InChI=1S/C23H24N4O2/c1-14(28)25-19-11-15(9-10-24-19)21-22(26-16-7-5-4-6-8-16)20-17(27-21)12-23(2,3)13-18(20)29/h4-5,7,11,26-27H,9-10,12-13H2,1-3H3,(H,24,25,28). The Morgan fingerprint density at radius 3 is 2.86 bits per heavy atom. The van der Waals surface area contributed by atoms with Crippen LogP contribution in [-0.2, 0) is 11.2 Å². The number of carbonyl (C=O) groups excluding carboxylic acids is 2.